The van der Waals surface area contributed by atoms with Gasteiger partial charge in [0.2, 0.25) is 0 Å². The average molecular weight is 695 g/mol. The summed E-state index contributed by atoms with van der Waals surface area (Å²) in [5.74, 6) is 1.52. The molecule has 268 valence electrons. The smallest absolute Gasteiger partial charge is 0.256 e. The van der Waals surface area contributed by atoms with Crippen LogP contribution in [0.15, 0.2) is 34.3 Å². The molecule has 0 bridgehead atoms. The van der Waals surface area contributed by atoms with E-state index < -0.39 is 12.3 Å². The second-order valence-electron chi connectivity index (χ2n) is 13.4. The number of amides is 2. The molecule has 2 aromatic carbocycles. The molecule has 12 nitrogen and oxygen atoms in total. The van der Waals surface area contributed by atoms with Gasteiger partial charge in [-0.15, -0.1) is 0 Å². The highest BCUT2D eigenvalue weighted by Crippen LogP contribution is 2.40. The van der Waals surface area contributed by atoms with Crippen molar-refractivity contribution >= 4 is 35.6 Å². The number of rotatable bonds is 12. The van der Waals surface area contributed by atoms with Crippen LogP contribution in [0.3, 0.4) is 0 Å². The molecule has 2 unspecified atom stereocenters. The number of benzene rings is 2. The number of ether oxygens (including phenoxy) is 4. The summed E-state index contributed by atoms with van der Waals surface area (Å²) in [6.45, 7) is 6.79. The molecule has 3 fully saturated rings. The third kappa shape index (κ3) is 7.13. The molecule has 0 aliphatic carbocycles. The normalized spacial score (nSPS) is 24.7. The van der Waals surface area contributed by atoms with Crippen molar-refractivity contribution in [1.29, 1.82) is 0 Å². The van der Waals surface area contributed by atoms with E-state index >= 15 is 0 Å². The van der Waals surface area contributed by atoms with Crippen molar-refractivity contribution in [3.05, 3.63) is 35.4 Å². The number of piperazine rings is 1. The highest BCUT2D eigenvalue weighted by molar-refractivity contribution is 6.04. The molecule has 2 aromatic rings. The summed E-state index contributed by atoms with van der Waals surface area (Å²) < 4.78 is 51.1. The first kappa shape index (κ1) is 34.2. The second kappa shape index (κ2) is 14.9. The number of alkyl halides is 2. The molecule has 0 N–H and O–H groups in total. The van der Waals surface area contributed by atoms with Gasteiger partial charge in [-0.25, -0.2) is 8.78 Å². The Morgan fingerprint density at radius 2 is 1.08 bits per heavy atom. The van der Waals surface area contributed by atoms with E-state index in [9.17, 15) is 18.4 Å². The van der Waals surface area contributed by atoms with Crippen molar-refractivity contribution in [1.82, 2.24) is 19.6 Å². The van der Waals surface area contributed by atoms with Gasteiger partial charge < -0.3 is 38.5 Å². The Hall–Kier alpha value is -4.30. The van der Waals surface area contributed by atoms with E-state index in [0.29, 0.717) is 58.7 Å². The van der Waals surface area contributed by atoms with E-state index in [4.69, 9.17) is 18.9 Å². The first-order chi connectivity index (χ1) is 24.3. The van der Waals surface area contributed by atoms with Gasteiger partial charge in [0.05, 0.1) is 75.1 Å². The third-order valence-corrected chi connectivity index (χ3v) is 10.1. The Kier molecular flexibility index (Phi) is 10.2. The van der Waals surface area contributed by atoms with Gasteiger partial charge in [-0.3, -0.25) is 19.6 Å². The minimum Gasteiger partial charge on any atom is -0.493 e. The molecule has 0 aromatic heterocycles. The zero-order valence-corrected chi connectivity index (χ0v) is 28.6. The molecule has 50 heavy (non-hydrogen) atoms. The number of hydrogen-bond donors (Lipinski definition) is 0. The van der Waals surface area contributed by atoms with E-state index in [1.165, 1.54) is 24.0 Å². The van der Waals surface area contributed by atoms with Gasteiger partial charge in [-0.2, -0.15) is 0 Å². The number of hydrogen-bond acceptors (Lipinski definition) is 10. The molecule has 0 radical (unpaired) electrons. The zero-order chi connectivity index (χ0) is 34.8. The lowest BCUT2D eigenvalue weighted by Gasteiger charge is -2.34. The fourth-order valence-electron chi connectivity index (χ4n) is 7.39. The molecular formula is C36H44F2N6O6. The first-order valence-electron chi connectivity index (χ1n) is 17.4. The van der Waals surface area contributed by atoms with Crippen LogP contribution in [0.1, 0.15) is 46.4 Å². The number of carbonyl (C=O) groups excluding carboxylic acids is 2. The Labute approximate surface area is 290 Å². The monoisotopic (exact) mass is 694 g/mol. The van der Waals surface area contributed by atoms with Crippen molar-refractivity contribution in [2.24, 2.45) is 9.98 Å². The molecule has 5 aliphatic heterocycles. The molecule has 3 saturated heterocycles. The Morgan fingerprint density at radius 3 is 1.48 bits per heavy atom. The first-order valence-corrected chi connectivity index (χ1v) is 17.4. The summed E-state index contributed by atoms with van der Waals surface area (Å²) in [7, 11) is 3.08. The average Bonchev–Trinajstić information content (AvgIpc) is 3.64. The van der Waals surface area contributed by atoms with Crippen molar-refractivity contribution in [3.63, 3.8) is 0 Å². The molecule has 2 amide bonds. The quantitative estimate of drug-likeness (QED) is 0.306. The topological polar surface area (TPSA) is 109 Å². The van der Waals surface area contributed by atoms with Crippen LogP contribution in [0, 0.1) is 0 Å². The Balaban J connectivity index is 0.834. The number of methoxy groups -OCH3 is 2. The van der Waals surface area contributed by atoms with E-state index in [-0.39, 0.29) is 49.8 Å². The summed E-state index contributed by atoms with van der Waals surface area (Å²) in [6.07, 6.45) is 3.44. The Bertz CT molecular complexity index is 1530. The summed E-state index contributed by atoms with van der Waals surface area (Å²) in [4.78, 5) is 43.1. The largest absolute Gasteiger partial charge is 0.493 e. The van der Waals surface area contributed by atoms with Crippen LogP contribution >= 0.6 is 0 Å². The molecular weight excluding hydrogens is 650 g/mol. The minimum atomic E-state index is -1.04. The number of fused-ring (bicyclic) bond motifs is 4. The minimum absolute atomic E-state index is 0.0792. The molecule has 5 heterocycles. The van der Waals surface area contributed by atoms with Crippen LogP contribution in [-0.2, 0) is 0 Å². The summed E-state index contributed by atoms with van der Waals surface area (Å²) in [6, 6.07) is 6.11. The van der Waals surface area contributed by atoms with E-state index in [0.717, 1.165) is 52.1 Å². The van der Waals surface area contributed by atoms with Crippen LogP contribution in [0.25, 0.3) is 0 Å². The van der Waals surface area contributed by atoms with Gasteiger partial charge in [-0.05, 0) is 25.0 Å². The number of aliphatic imine (C=N–C) groups is 2. The van der Waals surface area contributed by atoms with Gasteiger partial charge in [0.25, 0.3) is 11.8 Å². The van der Waals surface area contributed by atoms with Crippen LogP contribution in [0.2, 0.25) is 0 Å². The van der Waals surface area contributed by atoms with Gasteiger partial charge in [0.15, 0.2) is 23.0 Å². The highest BCUT2D eigenvalue weighted by atomic mass is 19.1. The van der Waals surface area contributed by atoms with Crippen molar-refractivity contribution < 1.29 is 37.3 Å². The predicted molar refractivity (Wildman–Crippen MR) is 184 cm³/mol. The maximum absolute atomic E-state index is 13.9. The molecule has 0 saturated carbocycles. The lowest BCUT2D eigenvalue weighted by atomic mass is 10.1. The molecule has 4 atom stereocenters. The lowest BCUT2D eigenvalue weighted by Crippen LogP contribution is -2.47. The van der Waals surface area contributed by atoms with Crippen LogP contribution in [0.4, 0.5) is 20.2 Å². The van der Waals surface area contributed by atoms with Gasteiger partial charge in [0, 0.05) is 76.7 Å². The molecule has 7 rings (SSSR count). The van der Waals surface area contributed by atoms with E-state index in [1.54, 1.807) is 36.7 Å². The SMILES string of the molecule is COc1cc2c(cc1OCCCN1CCN(CCCOc3cc4c(cc3OC)C(=O)N3CC(F)C[C@H]3C=N4)CC1)N=C[C@@H]1CC(F)CN1C2=O. The number of nitrogens with zero attached hydrogens (tertiary/aromatic N) is 6. The van der Waals surface area contributed by atoms with Crippen molar-refractivity contribution in [2.75, 3.05) is 79.8 Å². The zero-order valence-electron chi connectivity index (χ0n) is 28.6. The Morgan fingerprint density at radius 1 is 0.660 bits per heavy atom. The predicted octanol–water partition coefficient (Wildman–Crippen LogP) is 4.10. The maximum atomic E-state index is 13.9. The van der Waals surface area contributed by atoms with Gasteiger partial charge in [0.1, 0.15) is 12.3 Å². The van der Waals surface area contributed by atoms with Gasteiger partial charge in [-0.1, -0.05) is 0 Å². The second-order valence-corrected chi connectivity index (χ2v) is 13.4. The molecule has 14 heteroatoms. The fraction of sp³-hybridized carbons (Fsp3) is 0.556. The standard InChI is InChI=1S/C36H44F2N6O6/c1-47-31-15-27-29(39-19-25-13-23(37)21-43(25)35(27)45)17-33(31)49-11-3-5-41-7-9-42(10-8-41)6-4-12-50-34-18-30-28(16-32(34)48-2)36(46)44-22-24(38)14-26(44)20-40-30/h15-20,23-26H,3-14,21-22H2,1-2H3/t23?,24?,25-,26-/m0/s1. The molecule has 5 aliphatic rings. The van der Waals surface area contributed by atoms with Crippen LogP contribution in [-0.4, -0.2) is 148 Å². The summed E-state index contributed by atoms with van der Waals surface area (Å²) in [5.41, 5.74) is 1.82. The number of carbonyl (C=O) groups is 2. The van der Waals surface area contributed by atoms with Crippen molar-refractivity contribution in [2.45, 2.75) is 50.1 Å². The molecule has 0 spiro atoms. The van der Waals surface area contributed by atoms with Crippen LogP contribution in [0.5, 0.6) is 23.0 Å². The van der Waals surface area contributed by atoms with E-state index in [2.05, 4.69) is 19.8 Å². The highest BCUT2D eigenvalue weighted by Gasteiger charge is 2.39. The number of halogens is 2. The van der Waals surface area contributed by atoms with Crippen molar-refractivity contribution in [3.8, 4) is 23.0 Å². The summed E-state index contributed by atoms with van der Waals surface area (Å²) >= 11 is 0. The van der Waals surface area contributed by atoms with Crippen LogP contribution < -0.4 is 18.9 Å². The van der Waals surface area contributed by atoms with Gasteiger partial charge >= 0.3 is 0 Å². The fourth-order valence-corrected chi connectivity index (χ4v) is 7.39. The third-order valence-electron chi connectivity index (χ3n) is 10.1. The maximum Gasteiger partial charge on any atom is 0.256 e. The summed E-state index contributed by atoms with van der Waals surface area (Å²) in [5, 5.41) is 0. The lowest BCUT2D eigenvalue weighted by molar-refractivity contribution is 0.0758. The van der Waals surface area contributed by atoms with E-state index in [1.807, 2.05) is 0 Å².